The molecule has 2 rings (SSSR count). The lowest BCUT2D eigenvalue weighted by Gasteiger charge is -2.13. The molecule has 1 N–H and O–H groups in total. The quantitative estimate of drug-likeness (QED) is 0.520. The topological polar surface area (TPSA) is 81.7 Å². The van der Waals surface area contributed by atoms with Crippen LogP contribution in [0, 0.1) is 0 Å². The molecule has 0 radical (unpaired) electrons. The van der Waals surface area contributed by atoms with Gasteiger partial charge in [-0.3, -0.25) is 14.4 Å². The second kappa shape index (κ2) is 9.20. The lowest BCUT2D eigenvalue weighted by Crippen LogP contribution is -2.37. The zero-order chi connectivity index (χ0) is 18.2. The molecule has 136 valence electrons. The summed E-state index contributed by atoms with van der Waals surface area (Å²) >= 11 is 0. The molecule has 1 amide bonds. The van der Waals surface area contributed by atoms with E-state index in [1.807, 2.05) is 6.92 Å². The van der Waals surface area contributed by atoms with Crippen LogP contribution in [0.25, 0.3) is 0 Å². The minimum absolute atomic E-state index is 0.0466. The average molecular weight is 347 g/mol. The molecule has 6 nitrogen and oxygen atoms in total. The van der Waals surface area contributed by atoms with Gasteiger partial charge < -0.3 is 14.8 Å². The van der Waals surface area contributed by atoms with Crippen molar-refractivity contribution in [3.05, 3.63) is 29.8 Å². The largest absolute Gasteiger partial charge is 0.494 e. The second-order valence-corrected chi connectivity index (χ2v) is 6.21. The molecule has 1 aliphatic rings. The van der Waals surface area contributed by atoms with Crippen LogP contribution in [0.15, 0.2) is 24.3 Å². The standard InChI is InChI=1S/C19H25NO5/c1-3-12-24-16-8-4-14(5-9-16)17(21)10-11-18(22)25-13(2)19(23)20-15-6-7-15/h4-5,8-9,13,15H,3,6-7,10-12H2,1-2H3,(H,20,23). The van der Waals surface area contributed by atoms with Crippen molar-refractivity contribution in [2.45, 2.75) is 58.1 Å². The predicted molar refractivity (Wildman–Crippen MR) is 92.5 cm³/mol. The van der Waals surface area contributed by atoms with Crippen LogP contribution < -0.4 is 10.1 Å². The summed E-state index contributed by atoms with van der Waals surface area (Å²) in [6.07, 6.45) is 2.03. The molecule has 0 bridgehead atoms. The van der Waals surface area contributed by atoms with Crippen LogP contribution in [0.3, 0.4) is 0 Å². The van der Waals surface area contributed by atoms with E-state index in [0.717, 1.165) is 19.3 Å². The van der Waals surface area contributed by atoms with E-state index in [4.69, 9.17) is 9.47 Å². The zero-order valence-corrected chi connectivity index (χ0v) is 14.7. The summed E-state index contributed by atoms with van der Waals surface area (Å²) in [5.41, 5.74) is 0.524. The molecule has 1 aromatic carbocycles. The molecule has 25 heavy (non-hydrogen) atoms. The first-order valence-electron chi connectivity index (χ1n) is 8.75. The maximum Gasteiger partial charge on any atom is 0.307 e. The molecule has 1 unspecified atom stereocenters. The Bertz CT molecular complexity index is 607. The van der Waals surface area contributed by atoms with Crippen LogP contribution in [0.5, 0.6) is 5.75 Å². The summed E-state index contributed by atoms with van der Waals surface area (Å²) in [6, 6.07) is 7.07. The van der Waals surface area contributed by atoms with Gasteiger partial charge in [0.05, 0.1) is 13.0 Å². The number of benzene rings is 1. The lowest BCUT2D eigenvalue weighted by atomic mass is 10.1. The molecule has 0 aromatic heterocycles. The number of nitrogens with one attached hydrogen (secondary N) is 1. The Morgan fingerprint density at radius 2 is 1.84 bits per heavy atom. The van der Waals surface area contributed by atoms with Crippen LogP contribution in [0.4, 0.5) is 0 Å². The van der Waals surface area contributed by atoms with E-state index in [9.17, 15) is 14.4 Å². The highest BCUT2D eigenvalue weighted by Crippen LogP contribution is 2.19. The summed E-state index contributed by atoms with van der Waals surface area (Å²) in [7, 11) is 0. The number of Topliss-reactive ketones (excluding diaryl/α,β-unsaturated/α-hetero) is 1. The van der Waals surface area contributed by atoms with Crippen molar-refractivity contribution in [3.8, 4) is 5.75 Å². The molecule has 1 aromatic rings. The minimum Gasteiger partial charge on any atom is -0.494 e. The van der Waals surface area contributed by atoms with E-state index in [0.29, 0.717) is 17.9 Å². The Morgan fingerprint density at radius 3 is 2.44 bits per heavy atom. The first-order chi connectivity index (χ1) is 12.0. The second-order valence-electron chi connectivity index (χ2n) is 6.21. The Hall–Kier alpha value is -2.37. The number of hydrogen-bond donors (Lipinski definition) is 1. The summed E-state index contributed by atoms with van der Waals surface area (Å²) < 4.78 is 10.5. The third-order valence-electron chi connectivity index (χ3n) is 3.81. The predicted octanol–water partition coefficient (Wildman–Crippen LogP) is 2.65. The minimum atomic E-state index is -0.835. The molecule has 1 aliphatic carbocycles. The maximum atomic E-state index is 12.1. The number of carbonyl (C=O) groups is 3. The molecule has 0 spiro atoms. The molecule has 6 heteroatoms. The fourth-order valence-corrected chi connectivity index (χ4v) is 2.17. The summed E-state index contributed by atoms with van der Waals surface area (Å²) in [4.78, 5) is 35.6. The third kappa shape index (κ3) is 6.57. The van der Waals surface area contributed by atoms with Crippen molar-refractivity contribution >= 4 is 17.7 Å². The first-order valence-corrected chi connectivity index (χ1v) is 8.75. The molecule has 1 fully saturated rings. The van der Waals surface area contributed by atoms with Gasteiger partial charge >= 0.3 is 5.97 Å². The van der Waals surface area contributed by atoms with Gasteiger partial charge in [0.1, 0.15) is 5.75 Å². The summed E-state index contributed by atoms with van der Waals surface area (Å²) in [5, 5.41) is 2.77. The maximum absolute atomic E-state index is 12.1. The zero-order valence-electron chi connectivity index (χ0n) is 14.7. The molecular weight excluding hydrogens is 322 g/mol. The van der Waals surface area contributed by atoms with Gasteiger partial charge in [-0.25, -0.2) is 0 Å². The van der Waals surface area contributed by atoms with Crippen LogP contribution in [0.1, 0.15) is 56.3 Å². The number of amides is 1. The third-order valence-corrected chi connectivity index (χ3v) is 3.81. The van der Waals surface area contributed by atoms with Gasteiger partial charge in [0, 0.05) is 18.0 Å². The van der Waals surface area contributed by atoms with Crippen molar-refractivity contribution in [2.24, 2.45) is 0 Å². The van der Waals surface area contributed by atoms with E-state index in [2.05, 4.69) is 5.32 Å². The average Bonchev–Trinajstić information content (AvgIpc) is 3.42. The van der Waals surface area contributed by atoms with Gasteiger partial charge in [0.2, 0.25) is 0 Å². The number of hydrogen-bond acceptors (Lipinski definition) is 5. The van der Waals surface area contributed by atoms with Crippen LogP contribution in [-0.2, 0) is 14.3 Å². The van der Waals surface area contributed by atoms with Crippen LogP contribution in [0.2, 0.25) is 0 Å². The van der Waals surface area contributed by atoms with Gasteiger partial charge in [0.15, 0.2) is 11.9 Å². The van der Waals surface area contributed by atoms with Gasteiger partial charge in [-0.05, 0) is 50.5 Å². The molecule has 0 heterocycles. The Labute approximate surface area is 147 Å². The van der Waals surface area contributed by atoms with E-state index in [1.54, 1.807) is 24.3 Å². The number of rotatable bonds is 10. The van der Waals surface area contributed by atoms with Gasteiger partial charge in [-0.1, -0.05) is 6.92 Å². The fourth-order valence-electron chi connectivity index (χ4n) is 2.17. The highest BCUT2D eigenvalue weighted by atomic mass is 16.5. The monoisotopic (exact) mass is 347 g/mol. The van der Waals surface area contributed by atoms with Gasteiger partial charge in [0.25, 0.3) is 5.91 Å². The Kier molecular flexibility index (Phi) is 6.98. The van der Waals surface area contributed by atoms with Crippen molar-refractivity contribution in [1.82, 2.24) is 5.32 Å². The van der Waals surface area contributed by atoms with Gasteiger partial charge in [-0.2, -0.15) is 0 Å². The molecule has 1 atom stereocenters. The number of ketones is 1. The Morgan fingerprint density at radius 1 is 1.16 bits per heavy atom. The van der Waals surface area contributed by atoms with E-state index >= 15 is 0 Å². The Balaban J connectivity index is 1.72. The number of ether oxygens (including phenoxy) is 2. The van der Waals surface area contributed by atoms with Crippen LogP contribution >= 0.6 is 0 Å². The summed E-state index contributed by atoms with van der Waals surface area (Å²) in [6.45, 7) is 4.19. The van der Waals surface area contributed by atoms with Gasteiger partial charge in [-0.15, -0.1) is 0 Å². The smallest absolute Gasteiger partial charge is 0.307 e. The number of carbonyl (C=O) groups excluding carboxylic acids is 3. The van der Waals surface area contributed by atoms with Crippen molar-refractivity contribution in [1.29, 1.82) is 0 Å². The molecule has 0 saturated heterocycles. The number of esters is 1. The van der Waals surface area contributed by atoms with E-state index < -0.39 is 12.1 Å². The normalized spacial score (nSPS) is 14.5. The van der Waals surface area contributed by atoms with Crippen molar-refractivity contribution < 1.29 is 23.9 Å². The van der Waals surface area contributed by atoms with E-state index in [1.165, 1.54) is 6.92 Å². The van der Waals surface area contributed by atoms with Crippen LogP contribution in [-0.4, -0.2) is 36.4 Å². The highest BCUT2D eigenvalue weighted by molar-refractivity contribution is 5.97. The van der Waals surface area contributed by atoms with Crippen molar-refractivity contribution in [2.75, 3.05) is 6.61 Å². The lowest BCUT2D eigenvalue weighted by molar-refractivity contribution is -0.154. The molecular formula is C19H25NO5. The SMILES string of the molecule is CCCOc1ccc(C(=O)CCC(=O)OC(C)C(=O)NC2CC2)cc1. The molecule has 0 aliphatic heterocycles. The summed E-state index contributed by atoms with van der Waals surface area (Å²) in [5.74, 6) is -0.262. The van der Waals surface area contributed by atoms with Crippen molar-refractivity contribution in [3.63, 3.8) is 0 Å². The molecule has 1 saturated carbocycles. The first kappa shape index (κ1) is 19.0. The highest BCUT2D eigenvalue weighted by Gasteiger charge is 2.27. The van der Waals surface area contributed by atoms with E-state index in [-0.39, 0.29) is 30.6 Å². The fraction of sp³-hybridized carbons (Fsp3) is 0.526.